The Balaban J connectivity index is 1.56. The highest BCUT2D eigenvalue weighted by atomic mass is 32.1. The lowest BCUT2D eigenvalue weighted by Gasteiger charge is -2.41. The van der Waals surface area contributed by atoms with Crippen molar-refractivity contribution in [1.29, 1.82) is 0 Å². The molecule has 0 spiro atoms. The number of halogens is 2. The highest BCUT2D eigenvalue weighted by Gasteiger charge is 2.46. The molecule has 0 bridgehead atoms. The number of carbonyl (C=O) groups is 1. The van der Waals surface area contributed by atoms with Gasteiger partial charge in [-0.2, -0.15) is 5.10 Å². The summed E-state index contributed by atoms with van der Waals surface area (Å²) >= 11 is 1.24. The van der Waals surface area contributed by atoms with Crippen LogP contribution in [-0.4, -0.2) is 51.9 Å². The molecular weight excluding hydrogens is 374 g/mol. The molecule has 0 saturated heterocycles. The number of nitrogens with one attached hydrogen (secondary N) is 2. The maximum Gasteiger partial charge on any atom is 0.269 e. The van der Waals surface area contributed by atoms with Crippen LogP contribution in [0.25, 0.3) is 10.4 Å². The molecule has 1 aliphatic carbocycles. The van der Waals surface area contributed by atoms with E-state index >= 15 is 0 Å². The normalized spacial score (nSPS) is 25.4. The smallest absolute Gasteiger partial charge is 0.269 e. The first-order valence-electron chi connectivity index (χ1n) is 9.14. The van der Waals surface area contributed by atoms with Crippen molar-refractivity contribution in [2.75, 3.05) is 18.0 Å². The maximum atomic E-state index is 14.5. The predicted molar refractivity (Wildman–Crippen MR) is 97.4 cm³/mol. The third-order valence-electron chi connectivity index (χ3n) is 5.81. The van der Waals surface area contributed by atoms with Gasteiger partial charge in [-0.1, -0.05) is 0 Å². The minimum absolute atomic E-state index is 0.244. The van der Waals surface area contributed by atoms with Gasteiger partial charge in [-0.3, -0.25) is 9.89 Å². The number of alkyl halides is 2. The lowest BCUT2D eigenvalue weighted by molar-refractivity contribution is -0.0467. The van der Waals surface area contributed by atoms with Gasteiger partial charge >= 0.3 is 0 Å². The van der Waals surface area contributed by atoms with E-state index in [1.807, 2.05) is 0 Å². The number of hydrogen-bond donors (Lipinski definition) is 3. The van der Waals surface area contributed by atoms with Gasteiger partial charge < -0.3 is 15.3 Å². The first kappa shape index (κ1) is 17.1. The summed E-state index contributed by atoms with van der Waals surface area (Å²) in [4.78, 5) is 15.7. The summed E-state index contributed by atoms with van der Waals surface area (Å²) in [5.41, 5.74) is 1.08. The second-order valence-electron chi connectivity index (χ2n) is 7.94. The first-order valence-corrected chi connectivity index (χ1v) is 9.96. The van der Waals surface area contributed by atoms with Crippen molar-refractivity contribution in [2.24, 2.45) is 0 Å². The third kappa shape index (κ3) is 2.84. The van der Waals surface area contributed by atoms with E-state index in [4.69, 9.17) is 0 Å². The fraction of sp³-hybridized carbons (Fsp3) is 0.556. The molecular formula is C18H20F2N4O2S. The maximum absolute atomic E-state index is 14.5. The number of hydrogen-bond acceptors (Lipinski definition) is 5. The van der Waals surface area contributed by atoms with Gasteiger partial charge in [-0.15, -0.1) is 11.3 Å². The van der Waals surface area contributed by atoms with Crippen molar-refractivity contribution in [3.63, 3.8) is 0 Å². The molecule has 1 saturated carbocycles. The molecule has 144 valence electrons. The van der Waals surface area contributed by atoms with E-state index < -0.39 is 18.1 Å². The number of thiophene rings is 1. The summed E-state index contributed by atoms with van der Waals surface area (Å²) in [7, 11) is 0. The fourth-order valence-electron chi connectivity index (χ4n) is 4.47. The summed E-state index contributed by atoms with van der Waals surface area (Å²) < 4.78 is 29.1. The number of nitrogens with zero attached hydrogens (tertiary/aromatic N) is 2. The molecule has 4 heterocycles. The molecule has 0 aromatic carbocycles. The molecule has 1 atom stereocenters. The van der Waals surface area contributed by atoms with Crippen LogP contribution in [0.15, 0.2) is 12.4 Å². The Bertz CT molecular complexity index is 892. The van der Waals surface area contributed by atoms with Crippen molar-refractivity contribution < 1.29 is 18.7 Å². The van der Waals surface area contributed by atoms with Crippen LogP contribution in [0.2, 0.25) is 0 Å². The lowest BCUT2D eigenvalue weighted by atomic mass is 9.76. The summed E-state index contributed by atoms with van der Waals surface area (Å²) in [5, 5.41) is 20.1. The number of rotatable bonds is 3. The summed E-state index contributed by atoms with van der Waals surface area (Å²) in [6.45, 7) is -0.121. The highest BCUT2D eigenvalue weighted by Crippen LogP contribution is 2.49. The van der Waals surface area contributed by atoms with E-state index in [-0.39, 0.29) is 24.9 Å². The third-order valence-corrected chi connectivity index (χ3v) is 7.08. The number of H-pyrrole nitrogens is 1. The van der Waals surface area contributed by atoms with E-state index in [1.165, 1.54) is 11.3 Å². The standard InChI is InChI=1S/C18H20F2N4O2S/c19-18(20)5-12-13-15(27-14(12)10-6-21-22-7-10)16(25)23-11(8-24(13)9-18)4-17(26)2-1-3-17/h6-7,11,26H,1-5,8-9H2,(H,21,22)(H,23,25)/t11-/m0/s1. The molecule has 3 aliphatic rings. The van der Waals surface area contributed by atoms with Crippen LogP contribution in [-0.2, 0) is 6.42 Å². The molecule has 2 aliphatic heterocycles. The SMILES string of the molecule is O=C1N[C@@H](CC2(O)CCC2)CN2CC(F)(F)Cc3c(-c4cn[nH]c4)sc1c32. The molecule has 2 aromatic rings. The zero-order chi connectivity index (χ0) is 18.8. The van der Waals surface area contributed by atoms with Gasteiger partial charge in [0.2, 0.25) is 0 Å². The zero-order valence-corrected chi connectivity index (χ0v) is 15.4. The molecule has 0 radical (unpaired) electrons. The Morgan fingerprint density at radius 1 is 1.37 bits per heavy atom. The van der Waals surface area contributed by atoms with Crippen molar-refractivity contribution in [3.05, 3.63) is 22.8 Å². The van der Waals surface area contributed by atoms with Gasteiger partial charge in [-0.25, -0.2) is 8.78 Å². The fourth-order valence-corrected chi connectivity index (χ4v) is 5.70. The Hall–Kier alpha value is -2.00. The molecule has 9 heteroatoms. The van der Waals surface area contributed by atoms with Crippen LogP contribution in [0.5, 0.6) is 0 Å². The van der Waals surface area contributed by atoms with Crippen LogP contribution in [0.1, 0.15) is 40.9 Å². The van der Waals surface area contributed by atoms with Crippen LogP contribution < -0.4 is 10.2 Å². The van der Waals surface area contributed by atoms with Crippen molar-refractivity contribution in [3.8, 4) is 10.4 Å². The lowest BCUT2D eigenvalue weighted by Crippen LogP contribution is -2.51. The topological polar surface area (TPSA) is 81.2 Å². The number of aromatic amines is 1. The zero-order valence-electron chi connectivity index (χ0n) is 14.6. The largest absolute Gasteiger partial charge is 0.390 e. The molecule has 0 unspecified atom stereocenters. The predicted octanol–water partition coefficient (Wildman–Crippen LogP) is 2.55. The molecule has 2 aromatic heterocycles. The number of amides is 1. The molecule has 3 N–H and O–H groups in total. The number of anilines is 1. The summed E-state index contributed by atoms with van der Waals surface area (Å²) in [5.74, 6) is -3.11. The summed E-state index contributed by atoms with van der Waals surface area (Å²) in [6, 6.07) is -0.346. The van der Waals surface area contributed by atoms with Crippen molar-refractivity contribution in [1.82, 2.24) is 15.5 Å². The molecule has 1 amide bonds. The van der Waals surface area contributed by atoms with Gasteiger partial charge in [0.25, 0.3) is 11.8 Å². The second kappa shape index (κ2) is 5.75. The van der Waals surface area contributed by atoms with Crippen molar-refractivity contribution in [2.45, 2.75) is 49.7 Å². The van der Waals surface area contributed by atoms with E-state index in [1.54, 1.807) is 17.3 Å². The van der Waals surface area contributed by atoms with Crippen LogP contribution in [0.3, 0.4) is 0 Å². The Morgan fingerprint density at radius 3 is 2.85 bits per heavy atom. The minimum Gasteiger partial charge on any atom is -0.390 e. The van der Waals surface area contributed by atoms with Crippen LogP contribution >= 0.6 is 11.3 Å². The van der Waals surface area contributed by atoms with E-state index in [0.29, 0.717) is 45.8 Å². The van der Waals surface area contributed by atoms with E-state index in [0.717, 1.165) is 6.42 Å². The minimum atomic E-state index is -2.87. The molecule has 5 rings (SSSR count). The highest BCUT2D eigenvalue weighted by molar-refractivity contribution is 7.18. The Labute approximate surface area is 158 Å². The number of aromatic nitrogens is 2. The van der Waals surface area contributed by atoms with Gasteiger partial charge in [0.05, 0.1) is 24.0 Å². The van der Waals surface area contributed by atoms with Gasteiger partial charge in [0.1, 0.15) is 4.88 Å². The number of carbonyl (C=O) groups excluding carboxylic acids is 1. The van der Waals surface area contributed by atoms with E-state index in [9.17, 15) is 18.7 Å². The monoisotopic (exact) mass is 394 g/mol. The Kier molecular flexibility index (Phi) is 3.64. The number of aliphatic hydroxyl groups is 1. The second-order valence-corrected chi connectivity index (χ2v) is 8.96. The molecule has 1 fully saturated rings. The van der Waals surface area contributed by atoms with Crippen LogP contribution in [0, 0.1) is 0 Å². The quantitative estimate of drug-likeness (QED) is 0.747. The van der Waals surface area contributed by atoms with Crippen LogP contribution in [0.4, 0.5) is 14.5 Å². The average molecular weight is 394 g/mol. The Morgan fingerprint density at radius 2 is 2.19 bits per heavy atom. The van der Waals surface area contributed by atoms with Gasteiger partial charge in [0, 0.05) is 41.2 Å². The van der Waals surface area contributed by atoms with E-state index in [2.05, 4.69) is 15.5 Å². The van der Waals surface area contributed by atoms with Gasteiger partial charge in [0.15, 0.2) is 0 Å². The summed E-state index contributed by atoms with van der Waals surface area (Å²) in [6.07, 6.45) is 5.64. The average Bonchev–Trinajstić information content (AvgIpc) is 3.16. The first-order chi connectivity index (χ1) is 12.8. The molecule has 6 nitrogen and oxygen atoms in total. The van der Waals surface area contributed by atoms with Crippen molar-refractivity contribution >= 4 is 22.9 Å². The van der Waals surface area contributed by atoms with Gasteiger partial charge in [-0.05, 0) is 25.7 Å². The molecule has 27 heavy (non-hydrogen) atoms.